The van der Waals surface area contributed by atoms with Gasteiger partial charge in [0.25, 0.3) is 0 Å². The molecule has 1 heterocycles. The van der Waals surface area contributed by atoms with Crippen LogP contribution in [-0.4, -0.2) is 28.7 Å². The fourth-order valence-corrected chi connectivity index (χ4v) is 4.52. The molecule has 1 atom stereocenters. The number of carboxylic acid groups (broad SMARTS) is 1. The monoisotopic (exact) mass is 494 g/mol. The molecule has 27 heavy (non-hydrogen) atoms. The van der Waals surface area contributed by atoms with Crippen LogP contribution in [0.4, 0.5) is 0 Å². The predicted octanol–water partition coefficient (Wildman–Crippen LogP) is 4.88. The van der Waals surface area contributed by atoms with E-state index in [9.17, 15) is 9.90 Å². The van der Waals surface area contributed by atoms with Gasteiger partial charge in [-0.2, -0.15) is 0 Å². The second-order valence-corrected chi connectivity index (χ2v) is 7.87. The van der Waals surface area contributed by atoms with Crippen molar-refractivity contribution in [3.63, 3.8) is 0 Å². The van der Waals surface area contributed by atoms with E-state index in [2.05, 4.69) is 42.2 Å². The zero-order valence-electron chi connectivity index (χ0n) is 14.8. The third-order valence-corrected chi connectivity index (χ3v) is 5.47. The Morgan fingerprint density at radius 1 is 1.26 bits per heavy atom. The van der Waals surface area contributed by atoms with Crippen LogP contribution in [0.2, 0.25) is 0 Å². The van der Waals surface area contributed by atoms with Crippen molar-refractivity contribution >= 4 is 48.7 Å². The lowest BCUT2D eigenvalue weighted by Gasteiger charge is -2.16. The van der Waals surface area contributed by atoms with Crippen molar-refractivity contribution in [3.8, 4) is 5.75 Å². The van der Waals surface area contributed by atoms with Crippen molar-refractivity contribution in [2.24, 2.45) is 0 Å². The maximum Gasteiger partial charge on any atom is 0.321 e. The van der Waals surface area contributed by atoms with Gasteiger partial charge in [-0.25, -0.2) is 0 Å². The van der Waals surface area contributed by atoms with Gasteiger partial charge in [0.05, 0.1) is 15.6 Å². The van der Waals surface area contributed by atoms with Crippen LogP contribution in [0.1, 0.15) is 18.1 Å². The maximum absolute atomic E-state index is 11.7. The van der Waals surface area contributed by atoms with Crippen molar-refractivity contribution < 1.29 is 14.6 Å². The Hall–Kier alpha value is -1.83. The van der Waals surface area contributed by atoms with Gasteiger partial charge >= 0.3 is 5.97 Å². The number of H-pyrrole nitrogens is 1. The lowest BCUT2D eigenvalue weighted by atomic mass is 10.0. The maximum atomic E-state index is 11.7. The lowest BCUT2D eigenvalue weighted by Crippen LogP contribution is -2.38. The third kappa shape index (κ3) is 4.72. The summed E-state index contributed by atoms with van der Waals surface area (Å²) in [7, 11) is 0. The van der Waals surface area contributed by atoms with Gasteiger partial charge in [0.15, 0.2) is 0 Å². The molecule has 3 aromatic rings. The second kappa shape index (κ2) is 8.91. The molecule has 2 aromatic carbocycles. The van der Waals surface area contributed by atoms with Crippen LogP contribution in [0.15, 0.2) is 51.5 Å². The first-order valence-corrected chi connectivity index (χ1v) is 10.2. The average Bonchev–Trinajstić information content (AvgIpc) is 3.04. The highest BCUT2D eigenvalue weighted by Gasteiger charge is 2.19. The molecule has 0 saturated carbocycles. The molecule has 5 nitrogen and oxygen atoms in total. The standard InChI is InChI=1S/C20H20Br2N2O3/c1-2-27-19-15(21)7-12(8-16(19)22)10-23-18(20(25)26)9-13-11-24-17-6-4-3-5-14(13)17/h3-8,11,18,23-24H,2,9-10H2,1H3,(H,25,26). The molecule has 0 radical (unpaired) electrons. The van der Waals surface area contributed by atoms with Gasteiger partial charge in [-0.15, -0.1) is 0 Å². The van der Waals surface area contributed by atoms with Gasteiger partial charge < -0.3 is 20.1 Å². The molecule has 0 amide bonds. The predicted molar refractivity (Wildman–Crippen MR) is 113 cm³/mol. The van der Waals surface area contributed by atoms with Crippen molar-refractivity contribution in [3.05, 3.63) is 62.7 Å². The fraction of sp³-hybridized carbons (Fsp3) is 0.250. The molecular weight excluding hydrogens is 476 g/mol. The van der Waals surface area contributed by atoms with Gasteiger partial charge in [0.2, 0.25) is 0 Å². The molecule has 0 saturated heterocycles. The number of halogens is 2. The minimum Gasteiger partial charge on any atom is -0.492 e. The summed E-state index contributed by atoms with van der Waals surface area (Å²) in [6.45, 7) is 2.93. The summed E-state index contributed by atoms with van der Waals surface area (Å²) in [6, 6.07) is 11.1. The largest absolute Gasteiger partial charge is 0.492 e. The lowest BCUT2D eigenvalue weighted by molar-refractivity contribution is -0.139. The molecule has 0 bridgehead atoms. The van der Waals surface area contributed by atoms with E-state index in [1.807, 2.05) is 49.5 Å². The number of aliphatic carboxylic acids is 1. The molecule has 0 aliphatic heterocycles. The number of hydrogen-bond acceptors (Lipinski definition) is 3. The van der Waals surface area contributed by atoms with E-state index in [0.29, 0.717) is 19.6 Å². The normalized spacial score (nSPS) is 12.3. The molecule has 0 spiro atoms. The number of carbonyl (C=O) groups is 1. The molecule has 1 unspecified atom stereocenters. The molecular formula is C20H20Br2N2O3. The van der Waals surface area contributed by atoms with Crippen LogP contribution in [0, 0.1) is 0 Å². The number of ether oxygens (including phenoxy) is 1. The molecule has 3 rings (SSSR count). The first-order valence-electron chi connectivity index (χ1n) is 8.61. The van der Waals surface area contributed by atoms with Crippen LogP contribution in [-0.2, 0) is 17.8 Å². The number of aromatic nitrogens is 1. The van der Waals surface area contributed by atoms with Crippen molar-refractivity contribution in [1.82, 2.24) is 10.3 Å². The van der Waals surface area contributed by atoms with Crippen LogP contribution in [0.3, 0.4) is 0 Å². The highest BCUT2D eigenvalue weighted by atomic mass is 79.9. The fourth-order valence-electron chi connectivity index (χ4n) is 3.00. The van der Waals surface area contributed by atoms with Gasteiger partial charge in [-0.05, 0) is 68.1 Å². The number of para-hydroxylation sites is 1. The highest BCUT2D eigenvalue weighted by molar-refractivity contribution is 9.11. The number of benzene rings is 2. The van der Waals surface area contributed by atoms with E-state index in [-0.39, 0.29) is 0 Å². The summed E-state index contributed by atoms with van der Waals surface area (Å²) in [5.41, 5.74) is 2.96. The Kier molecular flexibility index (Phi) is 6.57. The van der Waals surface area contributed by atoms with E-state index in [0.717, 1.165) is 36.7 Å². The summed E-state index contributed by atoms with van der Waals surface area (Å²) >= 11 is 7.01. The molecule has 7 heteroatoms. The topological polar surface area (TPSA) is 74.3 Å². The zero-order valence-corrected chi connectivity index (χ0v) is 17.9. The zero-order chi connectivity index (χ0) is 19.4. The summed E-state index contributed by atoms with van der Waals surface area (Å²) in [4.78, 5) is 14.9. The molecule has 0 fully saturated rings. The Morgan fingerprint density at radius 3 is 2.63 bits per heavy atom. The molecule has 142 valence electrons. The van der Waals surface area contributed by atoms with Crippen molar-refractivity contribution in [2.45, 2.75) is 25.9 Å². The summed E-state index contributed by atoms with van der Waals surface area (Å²) in [5.74, 6) is -0.126. The number of hydrogen-bond donors (Lipinski definition) is 3. The second-order valence-electron chi connectivity index (χ2n) is 6.16. The molecule has 3 N–H and O–H groups in total. The number of rotatable bonds is 8. The first-order chi connectivity index (χ1) is 13.0. The van der Waals surface area contributed by atoms with Gasteiger partial charge in [-0.3, -0.25) is 4.79 Å². The highest BCUT2D eigenvalue weighted by Crippen LogP contribution is 2.34. The third-order valence-electron chi connectivity index (χ3n) is 4.30. The number of fused-ring (bicyclic) bond motifs is 1. The summed E-state index contributed by atoms with van der Waals surface area (Å²) in [6.07, 6.45) is 2.28. The average molecular weight is 496 g/mol. The molecule has 0 aliphatic rings. The smallest absolute Gasteiger partial charge is 0.321 e. The Morgan fingerprint density at radius 2 is 1.96 bits per heavy atom. The molecule has 0 aliphatic carbocycles. The number of carboxylic acids is 1. The van der Waals surface area contributed by atoms with E-state index in [4.69, 9.17) is 4.74 Å². The Balaban J connectivity index is 1.73. The van der Waals surface area contributed by atoms with Crippen molar-refractivity contribution in [1.29, 1.82) is 0 Å². The molecule has 1 aromatic heterocycles. The SMILES string of the molecule is CCOc1c(Br)cc(CNC(Cc2c[nH]c3ccccc23)C(=O)O)cc1Br. The van der Waals surface area contributed by atoms with Crippen molar-refractivity contribution in [2.75, 3.05) is 6.61 Å². The van der Waals surface area contributed by atoms with Crippen LogP contribution >= 0.6 is 31.9 Å². The van der Waals surface area contributed by atoms with E-state index >= 15 is 0 Å². The Labute approximate surface area is 174 Å². The van der Waals surface area contributed by atoms with Gasteiger partial charge in [0.1, 0.15) is 11.8 Å². The van der Waals surface area contributed by atoms with Gasteiger partial charge in [-0.1, -0.05) is 18.2 Å². The van der Waals surface area contributed by atoms with Crippen LogP contribution in [0.25, 0.3) is 10.9 Å². The van der Waals surface area contributed by atoms with Crippen LogP contribution in [0.5, 0.6) is 5.75 Å². The van der Waals surface area contributed by atoms with E-state index < -0.39 is 12.0 Å². The Bertz CT molecular complexity index is 932. The number of aromatic amines is 1. The minimum absolute atomic E-state index is 0.402. The van der Waals surface area contributed by atoms with E-state index in [1.54, 1.807) is 0 Å². The van der Waals surface area contributed by atoms with Gasteiger partial charge in [0, 0.05) is 30.1 Å². The number of nitrogens with one attached hydrogen (secondary N) is 2. The summed E-state index contributed by atoms with van der Waals surface area (Å²) < 4.78 is 7.25. The van der Waals surface area contributed by atoms with E-state index in [1.165, 1.54) is 0 Å². The first kappa shape index (κ1) is 19.9. The quantitative estimate of drug-likeness (QED) is 0.416. The summed E-state index contributed by atoms with van der Waals surface area (Å²) in [5, 5.41) is 13.8. The minimum atomic E-state index is -0.871. The van der Waals surface area contributed by atoms with Crippen LogP contribution < -0.4 is 10.1 Å².